The van der Waals surface area contributed by atoms with Gasteiger partial charge in [0.25, 0.3) is 0 Å². The van der Waals surface area contributed by atoms with Crippen molar-refractivity contribution in [3.8, 4) is 0 Å². The fourth-order valence-electron chi connectivity index (χ4n) is 6.45. The van der Waals surface area contributed by atoms with Gasteiger partial charge in [-0.25, -0.2) is 0 Å². The SMILES string of the molecule is CC(C)(C)C1=CC(C(C)(C)C)=C2C3=C(C[C@H]12)[C@@H]1C(C(C)(C)C)=CC(C(C)(C)C)=C1C3. The molecule has 0 heterocycles. The molecule has 0 saturated carbocycles. The molecule has 164 valence electrons. The maximum atomic E-state index is 2.59. The summed E-state index contributed by atoms with van der Waals surface area (Å²) in [7, 11) is 0. The maximum absolute atomic E-state index is 2.59. The van der Waals surface area contributed by atoms with Crippen LogP contribution in [0.15, 0.2) is 56.7 Å². The van der Waals surface area contributed by atoms with Crippen LogP contribution in [0.2, 0.25) is 0 Å². The molecule has 0 aliphatic heterocycles. The molecule has 4 rings (SSSR count). The molecular formula is C30H44. The lowest BCUT2D eigenvalue weighted by Crippen LogP contribution is -2.19. The van der Waals surface area contributed by atoms with Crippen molar-refractivity contribution in [2.45, 2.75) is 95.9 Å². The van der Waals surface area contributed by atoms with Gasteiger partial charge >= 0.3 is 0 Å². The minimum Gasteiger partial charge on any atom is -0.0578 e. The fourth-order valence-corrected chi connectivity index (χ4v) is 6.45. The van der Waals surface area contributed by atoms with Crippen LogP contribution in [0.5, 0.6) is 0 Å². The smallest absolute Gasteiger partial charge is 0.0240 e. The minimum absolute atomic E-state index is 0.199. The Morgan fingerprint density at radius 3 is 1.57 bits per heavy atom. The van der Waals surface area contributed by atoms with Crippen LogP contribution in [-0.4, -0.2) is 0 Å². The van der Waals surface area contributed by atoms with Crippen molar-refractivity contribution in [2.24, 2.45) is 33.5 Å². The summed E-state index contributed by atoms with van der Waals surface area (Å²) in [6.45, 7) is 28.9. The Morgan fingerprint density at radius 1 is 0.600 bits per heavy atom. The third-order valence-corrected chi connectivity index (χ3v) is 7.82. The molecular weight excluding hydrogens is 360 g/mol. The minimum atomic E-state index is 0.199. The van der Waals surface area contributed by atoms with E-state index in [0.29, 0.717) is 11.8 Å². The van der Waals surface area contributed by atoms with E-state index < -0.39 is 0 Å². The highest BCUT2D eigenvalue weighted by Gasteiger charge is 2.51. The molecule has 4 aliphatic rings. The van der Waals surface area contributed by atoms with Gasteiger partial charge in [-0.15, -0.1) is 0 Å². The van der Waals surface area contributed by atoms with Crippen LogP contribution in [-0.2, 0) is 0 Å². The lowest BCUT2D eigenvalue weighted by molar-refractivity contribution is 0.441. The van der Waals surface area contributed by atoms with Gasteiger partial charge in [-0.3, -0.25) is 0 Å². The molecule has 4 aliphatic carbocycles. The largest absolute Gasteiger partial charge is 0.0578 e. The molecule has 0 aromatic rings. The number of rotatable bonds is 0. The van der Waals surface area contributed by atoms with Crippen molar-refractivity contribution in [1.29, 1.82) is 0 Å². The van der Waals surface area contributed by atoms with Crippen molar-refractivity contribution >= 4 is 0 Å². The lowest BCUT2D eigenvalue weighted by atomic mass is 9.73. The zero-order valence-corrected chi connectivity index (χ0v) is 21.7. The second-order valence-corrected chi connectivity index (χ2v) is 14.3. The Kier molecular flexibility index (Phi) is 4.49. The molecule has 0 amide bonds. The summed E-state index contributed by atoms with van der Waals surface area (Å²) in [6.07, 6.45) is 7.61. The van der Waals surface area contributed by atoms with Gasteiger partial charge in [-0.2, -0.15) is 0 Å². The summed E-state index contributed by atoms with van der Waals surface area (Å²) in [4.78, 5) is 0. The summed E-state index contributed by atoms with van der Waals surface area (Å²) in [6, 6.07) is 0. The monoisotopic (exact) mass is 404 g/mol. The Bertz CT molecular complexity index is 953. The molecule has 0 saturated heterocycles. The predicted molar refractivity (Wildman–Crippen MR) is 131 cm³/mol. The van der Waals surface area contributed by atoms with Gasteiger partial charge in [0.15, 0.2) is 0 Å². The van der Waals surface area contributed by atoms with Gasteiger partial charge in [0.1, 0.15) is 0 Å². The van der Waals surface area contributed by atoms with Gasteiger partial charge in [0.2, 0.25) is 0 Å². The van der Waals surface area contributed by atoms with E-state index in [4.69, 9.17) is 0 Å². The second kappa shape index (κ2) is 6.14. The van der Waals surface area contributed by atoms with E-state index in [1.54, 1.807) is 44.6 Å². The second-order valence-electron chi connectivity index (χ2n) is 14.3. The Hall–Kier alpha value is -1.30. The molecule has 0 radical (unpaired) electrons. The van der Waals surface area contributed by atoms with Gasteiger partial charge in [0.05, 0.1) is 0 Å². The molecule has 0 aromatic heterocycles. The summed E-state index contributed by atoms with van der Waals surface area (Å²) in [5, 5.41) is 0. The van der Waals surface area contributed by atoms with E-state index in [-0.39, 0.29) is 21.7 Å². The summed E-state index contributed by atoms with van der Waals surface area (Å²) in [5.41, 5.74) is 14.3. The maximum Gasteiger partial charge on any atom is 0.0240 e. The molecule has 0 N–H and O–H groups in total. The van der Waals surface area contributed by atoms with E-state index in [2.05, 4.69) is 95.2 Å². The van der Waals surface area contributed by atoms with Crippen LogP contribution in [0, 0.1) is 33.5 Å². The zero-order valence-electron chi connectivity index (χ0n) is 21.7. The van der Waals surface area contributed by atoms with E-state index in [9.17, 15) is 0 Å². The standard InChI is InChI=1S/C30H44/c1-27(2,3)21-15-23(29(7,8)9)25-18-14-20-22(28(4,5)6)16-24(30(10,11)12)26(20)17(18)13-19(21)25/h15-16,19,26H,13-14H2,1-12H3/t19-,26+/m1/s1. The van der Waals surface area contributed by atoms with E-state index >= 15 is 0 Å². The number of hydrogen-bond acceptors (Lipinski definition) is 0. The average Bonchev–Trinajstić information content (AvgIpc) is 3.17. The van der Waals surface area contributed by atoms with Crippen LogP contribution < -0.4 is 0 Å². The Balaban J connectivity index is 1.89. The van der Waals surface area contributed by atoms with E-state index in [1.807, 2.05) is 0 Å². The normalized spacial score (nSPS) is 27.1. The predicted octanol–water partition coefficient (Wildman–Crippen LogP) is 8.98. The van der Waals surface area contributed by atoms with Crippen LogP contribution >= 0.6 is 0 Å². The molecule has 0 spiro atoms. The zero-order chi connectivity index (χ0) is 22.6. The van der Waals surface area contributed by atoms with E-state index in [0.717, 1.165) is 0 Å². The van der Waals surface area contributed by atoms with Crippen molar-refractivity contribution in [2.75, 3.05) is 0 Å². The van der Waals surface area contributed by atoms with Crippen LogP contribution in [0.4, 0.5) is 0 Å². The van der Waals surface area contributed by atoms with Crippen molar-refractivity contribution in [3.63, 3.8) is 0 Å². The highest BCUT2D eigenvalue weighted by Crippen LogP contribution is 2.65. The quantitative estimate of drug-likeness (QED) is 0.378. The van der Waals surface area contributed by atoms with Crippen molar-refractivity contribution in [1.82, 2.24) is 0 Å². The summed E-state index contributed by atoms with van der Waals surface area (Å²) in [5.74, 6) is 1.18. The van der Waals surface area contributed by atoms with E-state index in [1.165, 1.54) is 12.8 Å². The first-order valence-corrected chi connectivity index (χ1v) is 12.1. The first-order valence-electron chi connectivity index (χ1n) is 12.1. The molecule has 0 heteroatoms. The van der Waals surface area contributed by atoms with Gasteiger partial charge in [0, 0.05) is 11.8 Å². The molecule has 0 fully saturated rings. The Morgan fingerprint density at radius 2 is 1.10 bits per heavy atom. The first-order chi connectivity index (χ1) is 13.4. The number of hydrogen-bond donors (Lipinski definition) is 0. The van der Waals surface area contributed by atoms with Gasteiger partial charge in [-0.1, -0.05) is 118 Å². The summed E-state index contributed by atoms with van der Waals surface area (Å²) < 4.78 is 0. The third-order valence-electron chi connectivity index (χ3n) is 7.82. The van der Waals surface area contributed by atoms with Gasteiger partial charge in [-0.05, 0) is 56.8 Å². The molecule has 0 bridgehead atoms. The average molecular weight is 405 g/mol. The van der Waals surface area contributed by atoms with Crippen LogP contribution in [0.1, 0.15) is 95.9 Å². The highest BCUT2D eigenvalue weighted by molar-refractivity contribution is 5.69. The molecule has 0 unspecified atom stereocenters. The first kappa shape index (κ1) is 21.9. The molecule has 2 atom stereocenters. The molecule has 0 aromatic carbocycles. The molecule has 30 heavy (non-hydrogen) atoms. The fraction of sp³-hybridized carbons (Fsp3) is 0.667. The van der Waals surface area contributed by atoms with Gasteiger partial charge < -0.3 is 0 Å². The third kappa shape index (κ3) is 3.16. The summed E-state index contributed by atoms with van der Waals surface area (Å²) >= 11 is 0. The number of fused-ring (bicyclic) bond motifs is 4. The van der Waals surface area contributed by atoms with Crippen molar-refractivity contribution in [3.05, 3.63) is 56.7 Å². The number of allylic oxidation sites excluding steroid dienone is 10. The van der Waals surface area contributed by atoms with Crippen LogP contribution in [0.3, 0.4) is 0 Å². The van der Waals surface area contributed by atoms with Crippen molar-refractivity contribution < 1.29 is 0 Å². The highest BCUT2D eigenvalue weighted by atomic mass is 14.5. The Labute approximate surface area is 186 Å². The topological polar surface area (TPSA) is 0 Å². The van der Waals surface area contributed by atoms with Crippen LogP contribution in [0.25, 0.3) is 0 Å². The lowest BCUT2D eigenvalue weighted by Gasteiger charge is -2.30. The molecule has 0 nitrogen and oxygen atoms in total.